The van der Waals surface area contributed by atoms with Gasteiger partial charge in [-0.1, -0.05) is 135 Å². The summed E-state index contributed by atoms with van der Waals surface area (Å²) in [5, 5.41) is 13.0. The summed E-state index contributed by atoms with van der Waals surface area (Å²) < 4.78 is 12.7. The average Bonchev–Trinajstić information content (AvgIpc) is 4.29. The molecule has 77 heavy (non-hydrogen) atoms. The first-order chi connectivity index (χ1) is 38.0. The fraction of sp³-hybridized carbons (Fsp3) is 0.167. The highest BCUT2D eigenvalue weighted by Crippen LogP contribution is 2.47. The molecule has 0 atom stereocenters. The molecule has 0 N–H and O–H groups in total. The third kappa shape index (κ3) is 6.65. The Balaban J connectivity index is 1.08. The van der Waals surface area contributed by atoms with Crippen LogP contribution in [-0.4, -0.2) is 22.8 Å². The van der Waals surface area contributed by atoms with Crippen LogP contribution >= 0.6 is 0 Å². The first kappa shape index (κ1) is 45.6. The summed E-state index contributed by atoms with van der Waals surface area (Å²) in [6.45, 7) is 15.9. The van der Waals surface area contributed by atoms with Gasteiger partial charge in [0, 0.05) is 142 Å². The summed E-state index contributed by atoms with van der Waals surface area (Å²) in [5.74, 6) is 0. The summed E-state index contributed by atoms with van der Waals surface area (Å²) in [7, 11) is 0. The Hall–Kier alpha value is -8.80. The molecule has 0 aliphatic heterocycles. The zero-order chi connectivity index (χ0) is 51.6. The van der Waals surface area contributed by atoms with E-state index in [-0.39, 0.29) is 0 Å². The minimum atomic E-state index is 0.892. The standard InChI is InChI=1S/C72H61N5/c1-6-11-36-77-71-59(47-30-34-57-53-22-14-18-26-65(53)75(9-4)69(57)43-47)37-49(45-28-32-55-51-20-12-16-24-63(51)73(7-2)67(55)41-45)39-61(71)62-40-50(46-29-33-56-52-21-13-17-25-64(52)74(8-3)68(56)42-46)38-60(72(62)77)48-31-35-58-54-23-15-19-27-66(54)76(10-5)70(58)44-48/h12-35,37-44H,6-11,36H2,1-5H3. The van der Waals surface area contributed by atoms with Crippen molar-refractivity contribution in [3.8, 4) is 44.5 Å². The third-order valence-electron chi connectivity index (χ3n) is 17.4. The molecule has 5 heterocycles. The fourth-order valence-corrected chi connectivity index (χ4v) is 13.9. The minimum absolute atomic E-state index is 0.892. The second kappa shape index (κ2) is 17.6. The number of benzene rings is 10. The van der Waals surface area contributed by atoms with E-state index in [9.17, 15) is 0 Å². The molecule has 0 aliphatic carbocycles. The summed E-state index contributed by atoms with van der Waals surface area (Å²) >= 11 is 0. The van der Waals surface area contributed by atoms with Crippen LogP contribution in [-0.2, 0) is 32.7 Å². The molecular weight excluding hydrogens is 935 g/mol. The van der Waals surface area contributed by atoms with Crippen molar-refractivity contribution in [2.45, 2.75) is 80.2 Å². The summed E-state index contributed by atoms with van der Waals surface area (Å²) in [6.07, 6.45) is 2.15. The lowest BCUT2D eigenvalue weighted by atomic mass is 9.92. The summed E-state index contributed by atoms with van der Waals surface area (Å²) in [6, 6.07) is 74.7. The van der Waals surface area contributed by atoms with E-state index < -0.39 is 0 Å². The molecular formula is C72H61N5. The van der Waals surface area contributed by atoms with Crippen LogP contribution in [0.2, 0.25) is 0 Å². The predicted octanol–water partition coefficient (Wildman–Crippen LogP) is 19.8. The number of nitrogens with zero attached hydrogens (tertiary/aromatic N) is 5. The Kier molecular flexibility index (Phi) is 10.4. The third-order valence-corrected chi connectivity index (χ3v) is 17.4. The SMILES string of the molecule is CCCCn1c2c(-c3ccc4c5ccccc5n(CC)c4c3)cc(-c3ccc4c5ccccc5n(CC)c4c3)cc2c2cc(-c3ccc4c5ccccc5n(CC)c4c3)cc(-c3ccc4c5ccccc5n(CC)c4c3)c21. The van der Waals surface area contributed by atoms with E-state index in [2.05, 4.69) is 252 Å². The Bertz CT molecular complexity index is 4600. The highest BCUT2D eigenvalue weighted by Gasteiger charge is 2.24. The molecule has 15 rings (SSSR count). The van der Waals surface area contributed by atoms with Crippen LogP contribution in [0.4, 0.5) is 0 Å². The fourth-order valence-electron chi connectivity index (χ4n) is 13.9. The molecule has 0 saturated carbocycles. The molecule has 0 amide bonds. The monoisotopic (exact) mass is 995 g/mol. The van der Waals surface area contributed by atoms with Gasteiger partial charge in [0.05, 0.1) is 11.0 Å². The van der Waals surface area contributed by atoms with Crippen molar-refractivity contribution in [2.75, 3.05) is 0 Å². The van der Waals surface area contributed by atoms with Crippen LogP contribution in [0.3, 0.4) is 0 Å². The number of para-hydroxylation sites is 4. The molecule has 0 bridgehead atoms. The number of aromatic nitrogens is 5. The Labute approximate surface area is 448 Å². The van der Waals surface area contributed by atoms with Crippen molar-refractivity contribution < 1.29 is 0 Å². The zero-order valence-corrected chi connectivity index (χ0v) is 44.7. The first-order valence-electron chi connectivity index (χ1n) is 28.2. The second-order valence-corrected chi connectivity index (χ2v) is 21.3. The normalized spacial score (nSPS) is 12.3. The Morgan fingerprint density at radius 2 is 0.545 bits per heavy atom. The van der Waals surface area contributed by atoms with Gasteiger partial charge in [0.1, 0.15) is 0 Å². The molecule has 374 valence electrons. The Morgan fingerprint density at radius 1 is 0.247 bits per heavy atom. The summed E-state index contributed by atoms with van der Waals surface area (Å²) in [5.41, 5.74) is 22.7. The van der Waals surface area contributed by atoms with Gasteiger partial charge in [0.25, 0.3) is 0 Å². The smallest absolute Gasteiger partial charge is 0.0571 e. The van der Waals surface area contributed by atoms with Gasteiger partial charge in [-0.05, 0) is 140 Å². The maximum atomic E-state index is 2.72. The van der Waals surface area contributed by atoms with Crippen molar-refractivity contribution in [1.29, 1.82) is 0 Å². The van der Waals surface area contributed by atoms with E-state index >= 15 is 0 Å². The minimum Gasteiger partial charge on any atom is -0.341 e. The van der Waals surface area contributed by atoms with E-state index in [1.54, 1.807) is 0 Å². The average molecular weight is 996 g/mol. The molecule has 0 radical (unpaired) electrons. The molecule has 5 aromatic heterocycles. The number of aryl methyl sites for hydroxylation is 5. The van der Waals surface area contributed by atoms with Gasteiger partial charge in [0.15, 0.2) is 0 Å². The van der Waals surface area contributed by atoms with Crippen LogP contribution in [0.5, 0.6) is 0 Å². The number of hydrogen-bond donors (Lipinski definition) is 0. The lowest BCUT2D eigenvalue weighted by Crippen LogP contribution is -2.01. The number of fused-ring (bicyclic) bond motifs is 15. The van der Waals surface area contributed by atoms with Gasteiger partial charge < -0.3 is 22.8 Å². The van der Waals surface area contributed by atoms with Gasteiger partial charge in [0.2, 0.25) is 0 Å². The topological polar surface area (TPSA) is 24.6 Å². The van der Waals surface area contributed by atoms with Crippen LogP contribution < -0.4 is 0 Å². The molecule has 0 spiro atoms. The lowest BCUT2D eigenvalue weighted by Gasteiger charge is -2.16. The highest BCUT2D eigenvalue weighted by atomic mass is 15.0. The zero-order valence-electron chi connectivity index (χ0n) is 44.7. The van der Waals surface area contributed by atoms with Crippen molar-refractivity contribution in [3.63, 3.8) is 0 Å². The maximum Gasteiger partial charge on any atom is 0.0571 e. The van der Waals surface area contributed by atoms with E-state index in [1.165, 1.54) is 154 Å². The largest absolute Gasteiger partial charge is 0.341 e. The number of hydrogen-bond acceptors (Lipinski definition) is 0. The van der Waals surface area contributed by atoms with Gasteiger partial charge in [-0.25, -0.2) is 0 Å². The molecule has 10 aromatic carbocycles. The van der Waals surface area contributed by atoms with Crippen LogP contribution in [0.15, 0.2) is 194 Å². The van der Waals surface area contributed by atoms with Gasteiger partial charge in [-0.2, -0.15) is 0 Å². The predicted molar refractivity (Wildman–Crippen MR) is 331 cm³/mol. The molecule has 5 heteroatoms. The van der Waals surface area contributed by atoms with Crippen molar-refractivity contribution in [2.24, 2.45) is 0 Å². The van der Waals surface area contributed by atoms with E-state index in [4.69, 9.17) is 0 Å². The van der Waals surface area contributed by atoms with Crippen molar-refractivity contribution in [3.05, 3.63) is 194 Å². The molecule has 0 fully saturated rings. The van der Waals surface area contributed by atoms with Gasteiger partial charge in [-0.3, -0.25) is 0 Å². The quantitative estimate of drug-likeness (QED) is 0.123. The van der Waals surface area contributed by atoms with Crippen molar-refractivity contribution in [1.82, 2.24) is 22.8 Å². The Morgan fingerprint density at radius 3 is 0.870 bits per heavy atom. The van der Waals surface area contributed by atoms with E-state index in [1.807, 2.05) is 0 Å². The van der Waals surface area contributed by atoms with Crippen LogP contribution in [0.25, 0.3) is 154 Å². The molecule has 15 aromatic rings. The first-order valence-corrected chi connectivity index (χ1v) is 28.2. The number of rotatable bonds is 11. The molecule has 5 nitrogen and oxygen atoms in total. The van der Waals surface area contributed by atoms with Gasteiger partial charge >= 0.3 is 0 Å². The molecule has 0 aliphatic rings. The second-order valence-electron chi connectivity index (χ2n) is 21.3. The van der Waals surface area contributed by atoms with Crippen LogP contribution in [0.1, 0.15) is 47.5 Å². The maximum absolute atomic E-state index is 2.72. The number of unbranched alkanes of at least 4 members (excludes halogenated alkanes) is 1. The lowest BCUT2D eigenvalue weighted by molar-refractivity contribution is 0.665. The molecule has 0 unspecified atom stereocenters. The van der Waals surface area contributed by atoms with Gasteiger partial charge in [-0.15, -0.1) is 0 Å². The van der Waals surface area contributed by atoms with Crippen molar-refractivity contribution >= 4 is 109 Å². The van der Waals surface area contributed by atoms with E-state index in [0.29, 0.717) is 0 Å². The highest BCUT2D eigenvalue weighted by molar-refractivity contribution is 6.21. The summed E-state index contributed by atoms with van der Waals surface area (Å²) in [4.78, 5) is 0. The van der Waals surface area contributed by atoms with Crippen LogP contribution in [0, 0.1) is 0 Å². The molecule has 0 saturated heterocycles. The van der Waals surface area contributed by atoms with E-state index in [0.717, 1.165) is 45.6 Å².